The van der Waals surface area contributed by atoms with E-state index in [2.05, 4.69) is 19.2 Å². The van der Waals surface area contributed by atoms with Crippen LogP contribution in [0.25, 0.3) is 0 Å². The molecule has 20 heavy (non-hydrogen) atoms. The summed E-state index contributed by atoms with van der Waals surface area (Å²) in [6.07, 6.45) is 4.74. The topological polar surface area (TPSA) is 50.7 Å². The third-order valence-corrected chi connectivity index (χ3v) is 4.10. The summed E-state index contributed by atoms with van der Waals surface area (Å²) in [4.78, 5) is 0. The molecule has 2 N–H and O–H groups in total. The quantitative estimate of drug-likeness (QED) is 0.606. The number of rotatable bonds is 10. The van der Waals surface area contributed by atoms with Crippen LogP contribution in [0.5, 0.6) is 0 Å². The van der Waals surface area contributed by atoms with Crippen molar-refractivity contribution in [3.63, 3.8) is 0 Å². The molecular formula is C16H33NO3. The number of aliphatic hydroxyl groups is 1. The molecule has 0 heterocycles. The molecule has 0 aromatic carbocycles. The SMILES string of the molecule is CC(C)NC1(CO)CCCC1CCOCCOC(C)C. The molecule has 0 aromatic heterocycles. The molecule has 0 amide bonds. The summed E-state index contributed by atoms with van der Waals surface area (Å²) in [5.74, 6) is 0.515. The highest BCUT2D eigenvalue weighted by atomic mass is 16.5. The van der Waals surface area contributed by atoms with E-state index in [1.165, 1.54) is 12.8 Å². The van der Waals surface area contributed by atoms with Gasteiger partial charge in [-0.25, -0.2) is 0 Å². The van der Waals surface area contributed by atoms with Gasteiger partial charge in [-0.3, -0.25) is 0 Å². The van der Waals surface area contributed by atoms with Crippen LogP contribution in [0.2, 0.25) is 0 Å². The molecule has 0 radical (unpaired) electrons. The summed E-state index contributed by atoms with van der Waals surface area (Å²) in [5, 5.41) is 13.4. The molecule has 1 aliphatic carbocycles. The monoisotopic (exact) mass is 287 g/mol. The minimum Gasteiger partial charge on any atom is -0.394 e. The van der Waals surface area contributed by atoms with Crippen LogP contribution >= 0.6 is 0 Å². The van der Waals surface area contributed by atoms with Crippen LogP contribution in [-0.2, 0) is 9.47 Å². The lowest BCUT2D eigenvalue weighted by Crippen LogP contribution is -2.54. The van der Waals surface area contributed by atoms with Crippen molar-refractivity contribution in [1.82, 2.24) is 5.32 Å². The predicted molar refractivity (Wildman–Crippen MR) is 82.0 cm³/mol. The average Bonchev–Trinajstić information content (AvgIpc) is 2.76. The maximum absolute atomic E-state index is 9.81. The summed E-state index contributed by atoms with van der Waals surface area (Å²) >= 11 is 0. The highest BCUT2D eigenvalue weighted by molar-refractivity contribution is 4.99. The van der Waals surface area contributed by atoms with Crippen LogP contribution in [0.3, 0.4) is 0 Å². The minimum absolute atomic E-state index is 0.0913. The molecule has 0 aromatic rings. The zero-order valence-corrected chi connectivity index (χ0v) is 13.7. The summed E-state index contributed by atoms with van der Waals surface area (Å²) in [6, 6.07) is 0.406. The lowest BCUT2D eigenvalue weighted by atomic mass is 9.85. The van der Waals surface area contributed by atoms with Crippen molar-refractivity contribution in [1.29, 1.82) is 0 Å². The van der Waals surface area contributed by atoms with Crippen LogP contribution < -0.4 is 5.32 Å². The highest BCUT2D eigenvalue weighted by Gasteiger charge is 2.42. The van der Waals surface area contributed by atoms with Gasteiger partial charge in [-0.05, 0) is 39.0 Å². The Morgan fingerprint density at radius 2 is 1.95 bits per heavy atom. The Balaban J connectivity index is 2.27. The summed E-state index contributed by atoms with van der Waals surface area (Å²) in [6.45, 7) is 10.7. The van der Waals surface area contributed by atoms with Crippen molar-refractivity contribution in [2.24, 2.45) is 5.92 Å². The molecule has 0 spiro atoms. The lowest BCUT2D eigenvalue weighted by molar-refractivity contribution is 0.0114. The fourth-order valence-electron chi connectivity index (χ4n) is 3.25. The third kappa shape index (κ3) is 5.68. The summed E-state index contributed by atoms with van der Waals surface area (Å²) < 4.78 is 11.1. The van der Waals surface area contributed by atoms with Crippen molar-refractivity contribution in [2.45, 2.75) is 71.1 Å². The number of hydrogen-bond donors (Lipinski definition) is 2. The Bertz CT molecular complexity index is 258. The van der Waals surface area contributed by atoms with Crippen molar-refractivity contribution in [2.75, 3.05) is 26.4 Å². The Morgan fingerprint density at radius 3 is 2.55 bits per heavy atom. The zero-order valence-electron chi connectivity index (χ0n) is 13.7. The number of nitrogens with one attached hydrogen (secondary N) is 1. The first-order chi connectivity index (χ1) is 9.50. The number of ether oxygens (including phenoxy) is 2. The fourth-order valence-corrected chi connectivity index (χ4v) is 3.25. The number of aliphatic hydroxyl groups excluding tert-OH is 1. The van der Waals surface area contributed by atoms with Crippen LogP contribution in [0, 0.1) is 5.92 Å². The summed E-state index contributed by atoms with van der Waals surface area (Å²) in [7, 11) is 0. The number of hydrogen-bond acceptors (Lipinski definition) is 4. The van der Waals surface area contributed by atoms with Gasteiger partial charge in [-0.1, -0.05) is 20.3 Å². The van der Waals surface area contributed by atoms with Crippen LogP contribution in [-0.4, -0.2) is 49.2 Å². The van der Waals surface area contributed by atoms with E-state index in [1.54, 1.807) is 0 Å². The molecule has 1 saturated carbocycles. The van der Waals surface area contributed by atoms with E-state index in [4.69, 9.17) is 9.47 Å². The van der Waals surface area contributed by atoms with Crippen molar-refractivity contribution in [3.8, 4) is 0 Å². The van der Waals surface area contributed by atoms with E-state index < -0.39 is 0 Å². The maximum atomic E-state index is 9.81. The van der Waals surface area contributed by atoms with E-state index in [1.807, 2.05) is 13.8 Å². The normalized spacial score (nSPS) is 26.9. The molecule has 0 saturated heterocycles. The Hall–Kier alpha value is -0.160. The van der Waals surface area contributed by atoms with E-state index in [0.717, 1.165) is 19.4 Å². The van der Waals surface area contributed by atoms with Crippen LogP contribution in [0.1, 0.15) is 53.4 Å². The van der Waals surface area contributed by atoms with Crippen LogP contribution in [0.4, 0.5) is 0 Å². The molecule has 0 aliphatic heterocycles. The van der Waals surface area contributed by atoms with Gasteiger partial charge >= 0.3 is 0 Å². The molecule has 120 valence electrons. The molecular weight excluding hydrogens is 254 g/mol. The first-order valence-electron chi connectivity index (χ1n) is 8.08. The minimum atomic E-state index is -0.0913. The smallest absolute Gasteiger partial charge is 0.0703 e. The van der Waals surface area contributed by atoms with Crippen molar-refractivity contribution in [3.05, 3.63) is 0 Å². The van der Waals surface area contributed by atoms with Gasteiger partial charge < -0.3 is 19.9 Å². The lowest BCUT2D eigenvalue weighted by Gasteiger charge is -2.37. The molecule has 2 atom stereocenters. The fraction of sp³-hybridized carbons (Fsp3) is 1.00. The third-order valence-electron chi connectivity index (χ3n) is 4.10. The Kier molecular flexibility index (Phi) is 8.03. The van der Waals surface area contributed by atoms with Gasteiger partial charge in [0.15, 0.2) is 0 Å². The summed E-state index contributed by atoms with van der Waals surface area (Å²) in [5.41, 5.74) is -0.0913. The molecule has 0 bridgehead atoms. The van der Waals surface area contributed by atoms with Crippen LogP contribution in [0.15, 0.2) is 0 Å². The van der Waals surface area contributed by atoms with Gasteiger partial charge in [0.1, 0.15) is 0 Å². The molecule has 1 aliphatic rings. The molecule has 2 unspecified atom stereocenters. The van der Waals surface area contributed by atoms with E-state index in [-0.39, 0.29) is 18.2 Å². The molecule has 4 nitrogen and oxygen atoms in total. The molecule has 4 heteroatoms. The van der Waals surface area contributed by atoms with Gasteiger partial charge in [-0.2, -0.15) is 0 Å². The highest BCUT2D eigenvalue weighted by Crippen LogP contribution is 2.38. The van der Waals surface area contributed by atoms with Crippen molar-refractivity contribution < 1.29 is 14.6 Å². The predicted octanol–water partition coefficient (Wildman–Crippen LogP) is 2.35. The second-order valence-corrected chi connectivity index (χ2v) is 6.52. The van der Waals surface area contributed by atoms with E-state index in [9.17, 15) is 5.11 Å². The van der Waals surface area contributed by atoms with E-state index in [0.29, 0.717) is 25.2 Å². The maximum Gasteiger partial charge on any atom is 0.0703 e. The largest absolute Gasteiger partial charge is 0.394 e. The Labute approximate surface area is 124 Å². The second-order valence-electron chi connectivity index (χ2n) is 6.52. The zero-order chi connectivity index (χ0) is 15.0. The molecule has 1 rings (SSSR count). The molecule has 1 fully saturated rings. The van der Waals surface area contributed by atoms with E-state index >= 15 is 0 Å². The van der Waals surface area contributed by atoms with Gasteiger partial charge in [0.2, 0.25) is 0 Å². The van der Waals surface area contributed by atoms with Crippen molar-refractivity contribution >= 4 is 0 Å². The standard InChI is InChI=1S/C16H33NO3/c1-13(2)17-16(12-18)8-5-6-15(16)7-9-19-10-11-20-14(3)4/h13-15,17-18H,5-12H2,1-4H3. The van der Waals surface area contributed by atoms with Gasteiger partial charge in [0.25, 0.3) is 0 Å². The first-order valence-corrected chi connectivity index (χ1v) is 8.08. The first kappa shape index (κ1) is 17.9. The Morgan fingerprint density at radius 1 is 1.20 bits per heavy atom. The second kappa shape index (κ2) is 8.98. The van der Waals surface area contributed by atoms with Gasteiger partial charge in [0, 0.05) is 18.2 Å². The van der Waals surface area contributed by atoms with Gasteiger partial charge in [0.05, 0.1) is 25.9 Å². The average molecular weight is 287 g/mol. The van der Waals surface area contributed by atoms with Gasteiger partial charge in [-0.15, -0.1) is 0 Å².